The minimum atomic E-state index is -1.58. The highest BCUT2D eigenvalue weighted by atomic mass is 16.6. The van der Waals surface area contributed by atoms with E-state index in [0.717, 1.165) is 27.2 Å². The van der Waals surface area contributed by atoms with Gasteiger partial charge in [0.15, 0.2) is 0 Å². The van der Waals surface area contributed by atoms with Crippen molar-refractivity contribution in [2.75, 3.05) is 20.3 Å². The molecule has 1 N–H and O–H groups in total. The first-order chi connectivity index (χ1) is 16.5. The second-order valence-corrected chi connectivity index (χ2v) is 7.92. The van der Waals surface area contributed by atoms with Crippen LogP contribution in [0.4, 0.5) is 0 Å². The van der Waals surface area contributed by atoms with Crippen molar-refractivity contribution in [3.05, 3.63) is 88.1 Å². The van der Waals surface area contributed by atoms with Gasteiger partial charge in [-0.1, -0.05) is 42.5 Å². The SMILES string of the molecule is CCOC(=O)C(C(COC)c1c[nH]c2ccc(OCc3cccc4ccccc34)cc12)[N+](=O)[O-]. The van der Waals surface area contributed by atoms with Gasteiger partial charge in [0.2, 0.25) is 0 Å². The van der Waals surface area contributed by atoms with E-state index in [2.05, 4.69) is 23.2 Å². The van der Waals surface area contributed by atoms with Crippen molar-refractivity contribution in [1.82, 2.24) is 4.98 Å². The van der Waals surface area contributed by atoms with Crippen molar-refractivity contribution in [3.8, 4) is 5.75 Å². The summed E-state index contributed by atoms with van der Waals surface area (Å²) in [6, 6.07) is 18.1. The van der Waals surface area contributed by atoms with Crippen molar-refractivity contribution in [3.63, 3.8) is 0 Å². The lowest BCUT2D eigenvalue weighted by atomic mass is 9.92. The first-order valence-electron chi connectivity index (χ1n) is 11.0. The number of fused-ring (bicyclic) bond motifs is 2. The largest absolute Gasteiger partial charge is 0.489 e. The Morgan fingerprint density at radius 1 is 1.09 bits per heavy atom. The molecule has 0 amide bonds. The van der Waals surface area contributed by atoms with Gasteiger partial charge in [0, 0.05) is 29.1 Å². The summed E-state index contributed by atoms with van der Waals surface area (Å²) in [5, 5.41) is 14.8. The molecule has 0 saturated heterocycles. The molecule has 3 aromatic carbocycles. The van der Waals surface area contributed by atoms with E-state index in [1.54, 1.807) is 13.1 Å². The van der Waals surface area contributed by atoms with Gasteiger partial charge >= 0.3 is 12.0 Å². The van der Waals surface area contributed by atoms with Gasteiger partial charge in [0.05, 0.1) is 19.1 Å². The topological polar surface area (TPSA) is 104 Å². The Morgan fingerprint density at radius 2 is 1.88 bits per heavy atom. The van der Waals surface area contributed by atoms with E-state index in [9.17, 15) is 14.9 Å². The van der Waals surface area contributed by atoms with Crippen LogP contribution in [0.1, 0.15) is 24.0 Å². The number of nitro groups is 1. The van der Waals surface area contributed by atoms with E-state index in [-0.39, 0.29) is 13.2 Å². The Labute approximate surface area is 196 Å². The normalized spacial score (nSPS) is 13.0. The summed E-state index contributed by atoms with van der Waals surface area (Å²) in [6.45, 7) is 2.03. The fourth-order valence-corrected chi connectivity index (χ4v) is 4.25. The summed E-state index contributed by atoms with van der Waals surface area (Å²) < 4.78 is 16.3. The van der Waals surface area contributed by atoms with Crippen LogP contribution in [0.15, 0.2) is 66.9 Å². The summed E-state index contributed by atoms with van der Waals surface area (Å²) in [4.78, 5) is 26.7. The van der Waals surface area contributed by atoms with E-state index in [4.69, 9.17) is 14.2 Å². The Balaban J connectivity index is 1.65. The number of aromatic nitrogens is 1. The van der Waals surface area contributed by atoms with Crippen LogP contribution in [0.2, 0.25) is 0 Å². The summed E-state index contributed by atoms with van der Waals surface area (Å²) >= 11 is 0. The third kappa shape index (κ3) is 4.72. The molecule has 176 valence electrons. The number of aromatic amines is 1. The molecule has 2 atom stereocenters. The molecule has 4 rings (SSSR count). The highest BCUT2D eigenvalue weighted by Crippen LogP contribution is 2.33. The first kappa shape index (κ1) is 23.3. The van der Waals surface area contributed by atoms with Gasteiger partial charge in [-0.15, -0.1) is 0 Å². The van der Waals surface area contributed by atoms with Gasteiger partial charge in [0.1, 0.15) is 12.4 Å². The number of nitrogens with one attached hydrogen (secondary N) is 1. The molecule has 8 nitrogen and oxygen atoms in total. The van der Waals surface area contributed by atoms with Crippen molar-refractivity contribution in [1.29, 1.82) is 0 Å². The number of rotatable bonds is 10. The standard InChI is InChI=1S/C26H26N2O6/c1-3-33-26(29)25(28(30)31)23(16-32-2)22-14-27-24-12-11-19(13-21(22)24)34-15-18-9-6-8-17-7-4-5-10-20(17)18/h4-14,23,25,27H,3,15-16H2,1-2H3. The van der Waals surface area contributed by atoms with E-state index in [1.165, 1.54) is 7.11 Å². The first-order valence-corrected chi connectivity index (χ1v) is 11.0. The number of carbonyl (C=O) groups excluding carboxylic acids is 1. The maximum Gasteiger partial charge on any atom is 0.382 e. The molecule has 0 bridgehead atoms. The number of hydrogen-bond acceptors (Lipinski definition) is 6. The van der Waals surface area contributed by atoms with Crippen LogP contribution >= 0.6 is 0 Å². The Morgan fingerprint density at radius 3 is 2.65 bits per heavy atom. The molecule has 34 heavy (non-hydrogen) atoms. The number of H-pyrrole nitrogens is 1. The Hall–Kier alpha value is -3.91. The number of carbonyl (C=O) groups is 1. The van der Waals surface area contributed by atoms with Gasteiger partial charge < -0.3 is 19.2 Å². The van der Waals surface area contributed by atoms with Crippen LogP contribution in [0.3, 0.4) is 0 Å². The van der Waals surface area contributed by atoms with Crippen LogP contribution in [0, 0.1) is 10.1 Å². The average Bonchev–Trinajstić information content (AvgIpc) is 3.25. The smallest absolute Gasteiger partial charge is 0.382 e. The molecule has 0 radical (unpaired) electrons. The van der Waals surface area contributed by atoms with Crippen molar-refractivity contribution < 1.29 is 23.9 Å². The third-order valence-electron chi connectivity index (χ3n) is 5.84. The van der Waals surface area contributed by atoms with Crippen molar-refractivity contribution in [2.24, 2.45) is 0 Å². The number of hydrogen-bond donors (Lipinski definition) is 1. The maximum atomic E-state index is 12.4. The van der Waals surface area contributed by atoms with Gasteiger partial charge in [-0.2, -0.15) is 0 Å². The number of ether oxygens (including phenoxy) is 3. The van der Waals surface area contributed by atoms with Crippen LogP contribution in [-0.4, -0.2) is 42.2 Å². The van der Waals surface area contributed by atoms with Crippen LogP contribution in [0.5, 0.6) is 5.75 Å². The second kappa shape index (κ2) is 10.4. The quantitative estimate of drug-likeness (QED) is 0.205. The van der Waals surface area contributed by atoms with E-state index >= 15 is 0 Å². The molecule has 8 heteroatoms. The van der Waals surface area contributed by atoms with E-state index in [1.807, 2.05) is 42.5 Å². The zero-order valence-corrected chi connectivity index (χ0v) is 19.0. The van der Waals surface area contributed by atoms with Gasteiger partial charge in [-0.25, -0.2) is 4.79 Å². The lowest BCUT2D eigenvalue weighted by molar-refractivity contribution is -0.515. The summed E-state index contributed by atoms with van der Waals surface area (Å²) in [7, 11) is 1.45. The Bertz CT molecular complexity index is 1310. The fourth-order valence-electron chi connectivity index (χ4n) is 4.25. The number of benzene rings is 3. The summed E-state index contributed by atoms with van der Waals surface area (Å²) in [5.74, 6) is -1.10. The fraction of sp³-hybridized carbons (Fsp3) is 0.269. The highest BCUT2D eigenvalue weighted by Gasteiger charge is 2.42. The minimum absolute atomic E-state index is 0.0154. The van der Waals surface area contributed by atoms with Gasteiger partial charge in [-0.05, 0) is 47.0 Å². The molecule has 0 spiro atoms. The summed E-state index contributed by atoms with van der Waals surface area (Å²) in [6.07, 6.45) is 1.68. The summed E-state index contributed by atoms with van der Waals surface area (Å²) in [5.41, 5.74) is 2.43. The van der Waals surface area contributed by atoms with E-state index < -0.39 is 22.9 Å². The van der Waals surface area contributed by atoms with Gasteiger partial charge in [0.25, 0.3) is 0 Å². The minimum Gasteiger partial charge on any atom is -0.489 e. The molecule has 0 aliphatic carbocycles. The molecule has 0 saturated carbocycles. The van der Waals surface area contributed by atoms with Crippen LogP contribution in [-0.2, 0) is 20.9 Å². The molecular weight excluding hydrogens is 436 g/mol. The van der Waals surface area contributed by atoms with Crippen molar-refractivity contribution >= 4 is 27.6 Å². The van der Waals surface area contributed by atoms with Crippen LogP contribution < -0.4 is 4.74 Å². The van der Waals surface area contributed by atoms with E-state index in [0.29, 0.717) is 17.9 Å². The molecule has 2 unspecified atom stereocenters. The lowest BCUT2D eigenvalue weighted by Crippen LogP contribution is -2.39. The maximum absolute atomic E-state index is 12.4. The van der Waals surface area contributed by atoms with Crippen molar-refractivity contribution in [2.45, 2.75) is 25.5 Å². The number of esters is 1. The zero-order valence-electron chi connectivity index (χ0n) is 19.0. The zero-order chi connectivity index (χ0) is 24.1. The molecule has 1 aromatic heterocycles. The number of nitrogens with zero attached hydrogens (tertiary/aromatic N) is 1. The monoisotopic (exact) mass is 462 g/mol. The predicted octanol–water partition coefficient (Wildman–Crippen LogP) is 4.84. The lowest BCUT2D eigenvalue weighted by Gasteiger charge is -2.19. The second-order valence-electron chi connectivity index (χ2n) is 7.92. The van der Waals surface area contributed by atoms with Gasteiger partial charge in [-0.3, -0.25) is 10.1 Å². The average molecular weight is 463 g/mol. The Kier molecular flexibility index (Phi) is 7.08. The molecular formula is C26H26N2O6. The molecule has 4 aromatic rings. The van der Waals surface area contributed by atoms with Crippen LogP contribution in [0.25, 0.3) is 21.7 Å². The molecule has 0 fully saturated rings. The molecule has 0 aliphatic rings. The number of methoxy groups -OCH3 is 1. The highest BCUT2D eigenvalue weighted by molar-refractivity contribution is 5.87. The third-order valence-corrected chi connectivity index (χ3v) is 5.84. The molecule has 1 heterocycles. The molecule has 0 aliphatic heterocycles. The predicted molar refractivity (Wildman–Crippen MR) is 129 cm³/mol.